The smallest absolute Gasteiger partial charge is 0.217 e. The van der Waals surface area contributed by atoms with E-state index in [1.54, 1.807) is 0 Å². The molecule has 1 amide bonds. The third-order valence-corrected chi connectivity index (χ3v) is 2.85. The number of hydrogen-bond acceptors (Lipinski definition) is 2. The second-order valence-corrected chi connectivity index (χ2v) is 4.10. The number of unbranched alkanes of at least 4 members (excludes halogenated alkanes) is 1. The van der Waals surface area contributed by atoms with Crippen LogP contribution in [0.2, 0.25) is 0 Å². The average molecular weight is 185 g/mol. The molecule has 13 heavy (non-hydrogen) atoms. The summed E-state index contributed by atoms with van der Waals surface area (Å²) in [5.74, 6) is -0.238. The predicted molar refractivity (Wildman–Crippen MR) is 51.1 cm³/mol. The molecule has 0 bridgehead atoms. The van der Waals surface area contributed by atoms with E-state index < -0.39 is 5.60 Å². The fourth-order valence-electron chi connectivity index (χ4n) is 2.04. The van der Waals surface area contributed by atoms with Crippen molar-refractivity contribution in [2.24, 2.45) is 5.73 Å². The molecular formula is C10H19NO2. The molecule has 0 aromatic heterocycles. The Morgan fingerprint density at radius 1 is 1.31 bits per heavy atom. The molecule has 1 rings (SSSR count). The van der Waals surface area contributed by atoms with E-state index in [4.69, 9.17) is 5.73 Å². The van der Waals surface area contributed by atoms with Gasteiger partial charge >= 0.3 is 0 Å². The van der Waals surface area contributed by atoms with E-state index in [9.17, 15) is 9.90 Å². The van der Waals surface area contributed by atoms with E-state index in [0.717, 1.165) is 44.9 Å². The van der Waals surface area contributed by atoms with Crippen LogP contribution in [0.15, 0.2) is 0 Å². The lowest BCUT2D eigenvalue weighted by molar-refractivity contribution is -0.118. The molecule has 0 atom stereocenters. The highest BCUT2D eigenvalue weighted by atomic mass is 16.3. The number of aliphatic hydroxyl groups is 1. The van der Waals surface area contributed by atoms with Gasteiger partial charge in [0.25, 0.3) is 0 Å². The first-order chi connectivity index (χ1) is 6.12. The summed E-state index contributed by atoms with van der Waals surface area (Å²) in [5.41, 5.74) is 4.60. The monoisotopic (exact) mass is 185 g/mol. The van der Waals surface area contributed by atoms with Crippen LogP contribution in [0.25, 0.3) is 0 Å². The van der Waals surface area contributed by atoms with Crippen molar-refractivity contribution in [3.05, 3.63) is 0 Å². The normalized spacial score (nSPS) is 20.4. The first-order valence-electron chi connectivity index (χ1n) is 5.13. The van der Waals surface area contributed by atoms with Gasteiger partial charge in [0.05, 0.1) is 5.60 Å². The second kappa shape index (κ2) is 4.61. The molecule has 1 fully saturated rings. The summed E-state index contributed by atoms with van der Waals surface area (Å²) in [7, 11) is 0. The van der Waals surface area contributed by atoms with Crippen molar-refractivity contribution >= 4 is 5.91 Å². The zero-order chi connectivity index (χ0) is 9.73. The Morgan fingerprint density at radius 2 is 1.92 bits per heavy atom. The van der Waals surface area contributed by atoms with Crippen molar-refractivity contribution in [2.45, 2.75) is 57.0 Å². The molecule has 1 aliphatic rings. The number of nitrogens with two attached hydrogens (primary N) is 1. The Bertz CT molecular complexity index is 174. The Labute approximate surface area is 79.3 Å². The van der Waals surface area contributed by atoms with Gasteiger partial charge in [-0.05, 0) is 25.7 Å². The topological polar surface area (TPSA) is 63.3 Å². The summed E-state index contributed by atoms with van der Waals surface area (Å²) in [6.45, 7) is 0. The fourth-order valence-corrected chi connectivity index (χ4v) is 2.04. The highest BCUT2D eigenvalue weighted by molar-refractivity contribution is 5.73. The van der Waals surface area contributed by atoms with E-state index in [1.165, 1.54) is 0 Å². The standard InChI is InChI=1S/C10H19NO2/c11-9(12)5-1-2-6-10(13)7-3-4-8-10/h13H,1-8H2,(H2,11,12). The fraction of sp³-hybridized carbons (Fsp3) is 0.900. The first-order valence-corrected chi connectivity index (χ1v) is 5.13. The van der Waals surface area contributed by atoms with Crippen molar-refractivity contribution in [1.82, 2.24) is 0 Å². The molecule has 0 spiro atoms. The largest absolute Gasteiger partial charge is 0.390 e. The third kappa shape index (κ3) is 3.77. The maximum Gasteiger partial charge on any atom is 0.217 e. The Morgan fingerprint density at radius 3 is 2.46 bits per heavy atom. The van der Waals surface area contributed by atoms with Crippen molar-refractivity contribution in [1.29, 1.82) is 0 Å². The average Bonchev–Trinajstić information content (AvgIpc) is 2.47. The Kier molecular flexibility index (Phi) is 3.72. The minimum absolute atomic E-state index is 0.238. The van der Waals surface area contributed by atoms with Crippen LogP contribution in [0.3, 0.4) is 0 Å². The van der Waals surface area contributed by atoms with Gasteiger partial charge in [0.2, 0.25) is 5.91 Å². The molecule has 3 heteroatoms. The van der Waals surface area contributed by atoms with Crippen molar-refractivity contribution in [3.63, 3.8) is 0 Å². The summed E-state index contributed by atoms with van der Waals surface area (Å²) in [6.07, 6.45) is 7.18. The van der Waals surface area contributed by atoms with Crippen LogP contribution in [0.4, 0.5) is 0 Å². The van der Waals surface area contributed by atoms with E-state index in [0.29, 0.717) is 6.42 Å². The van der Waals surface area contributed by atoms with Crippen LogP contribution in [-0.2, 0) is 4.79 Å². The van der Waals surface area contributed by atoms with Gasteiger partial charge < -0.3 is 10.8 Å². The maximum atomic E-state index is 10.4. The van der Waals surface area contributed by atoms with E-state index in [2.05, 4.69) is 0 Å². The minimum atomic E-state index is -0.419. The molecule has 3 N–H and O–H groups in total. The molecular weight excluding hydrogens is 166 g/mol. The summed E-state index contributed by atoms with van der Waals surface area (Å²) >= 11 is 0. The SMILES string of the molecule is NC(=O)CCCCC1(O)CCCC1. The zero-order valence-corrected chi connectivity index (χ0v) is 8.09. The molecule has 1 aliphatic carbocycles. The number of amides is 1. The zero-order valence-electron chi connectivity index (χ0n) is 8.09. The van der Waals surface area contributed by atoms with Gasteiger partial charge in [-0.2, -0.15) is 0 Å². The molecule has 0 aromatic carbocycles. The van der Waals surface area contributed by atoms with Gasteiger partial charge in [0.1, 0.15) is 0 Å². The predicted octanol–water partition coefficient (Wildman–Crippen LogP) is 1.34. The summed E-state index contributed by atoms with van der Waals surface area (Å²) in [5, 5.41) is 9.94. The Hall–Kier alpha value is -0.570. The van der Waals surface area contributed by atoms with Gasteiger partial charge in [0.15, 0.2) is 0 Å². The molecule has 1 saturated carbocycles. The molecule has 0 saturated heterocycles. The molecule has 3 nitrogen and oxygen atoms in total. The summed E-state index contributed by atoms with van der Waals surface area (Å²) in [4.78, 5) is 10.4. The van der Waals surface area contributed by atoms with E-state index in [1.807, 2.05) is 0 Å². The lowest BCUT2D eigenvalue weighted by atomic mass is 9.94. The Balaban J connectivity index is 2.07. The van der Waals surface area contributed by atoms with Gasteiger partial charge in [-0.3, -0.25) is 4.79 Å². The van der Waals surface area contributed by atoms with Crippen LogP contribution in [0, 0.1) is 0 Å². The summed E-state index contributed by atoms with van der Waals surface area (Å²) < 4.78 is 0. The molecule has 0 heterocycles. The number of carbonyl (C=O) groups excluding carboxylic acids is 1. The van der Waals surface area contributed by atoms with Crippen molar-refractivity contribution < 1.29 is 9.90 Å². The number of hydrogen-bond donors (Lipinski definition) is 2. The minimum Gasteiger partial charge on any atom is -0.390 e. The first kappa shape index (κ1) is 10.5. The van der Waals surface area contributed by atoms with Gasteiger partial charge in [-0.15, -0.1) is 0 Å². The second-order valence-electron chi connectivity index (χ2n) is 4.10. The van der Waals surface area contributed by atoms with Gasteiger partial charge in [-0.1, -0.05) is 19.3 Å². The molecule has 0 aromatic rings. The highest BCUT2D eigenvalue weighted by Crippen LogP contribution is 2.33. The lowest BCUT2D eigenvalue weighted by Crippen LogP contribution is -2.23. The van der Waals surface area contributed by atoms with Gasteiger partial charge in [0, 0.05) is 6.42 Å². The number of carbonyl (C=O) groups is 1. The quantitative estimate of drug-likeness (QED) is 0.635. The van der Waals surface area contributed by atoms with E-state index >= 15 is 0 Å². The molecule has 0 unspecified atom stereocenters. The highest BCUT2D eigenvalue weighted by Gasteiger charge is 2.29. The van der Waals surface area contributed by atoms with Crippen LogP contribution in [0.5, 0.6) is 0 Å². The maximum absolute atomic E-state index is 10.4. The van der Waals surface area contributed by atoms with Crippen molar-refractivity contribution in [2.75, 3.05) is 0 Å². The number of primary amides is 1. The van der Waals surface area contributed by atoms with E-state index in [-0.39, 0.29) is 5.91 Å². The lowest BCUT2D eigenvalue weighted by Gasteiger charge is -2.21. The van der Waals surface area contributed by atoms with Crippen LogP contribution >= 0.6 is 0 Å². The molecule has 0 aliphatic heterocycles. The molecule has 76 valence electrons. The summed E-state index contributed by atoms with van der Waals surface area (Å²) in [6, 6.07) is 0. The van der Waals surface area contributed by atoms with Gasteiger partial charge in [-0.25, -0.2) is 0 Å². The third-order valence-electron chi connectivity index (χ3n) is 2.85. The number of rotatable bonds is 5. The van der Waals surface area contributed by atoms with Crippen LogP contribution in [-0.4, -0.2) is 16.6 Å². The van der Waals surface area contributed by atoms with Crippen molar-refractivity contribution in [3.8, 4) is 0 Å². The molecule has 0 radical (unpaired) electrons. The van der Waals surface area contributed by atoms with Crippen LogP contribution < -0.4 is 5.73 Å². The van der Waals surface area contributed by atoms with Crippen LogP contribution in [0.1, 0.15) is 51.4 Å².